The van der Waals surface area contributed by atoms with E-state index in [1.165, 1.54) is 32.3 Å². The van der Waals surface area contributed by atoms with Crippen LogP contribution in [0.1, 0.15) is 0 Å². The van der Waals surface area contributed by atoms with Crippen LogP contribution < -0.4 is 0 Å². The number of rotatable bonds is 4. The number of fused-ring (bicyclic) bond motifs is 6. The molecule has 0 saturated heterocycles. The first-order valence-electron chi connectivity index (χ1n) is 16.7. The molecule has 0 radical (unpaired) electrons. The zero-order valence-corrected chi connectivity index (χ0v) is 26.6. The summed E-state index contributed by atoms with van der Waals surface area (Å²) in [5.74, 6) is 0.658. The van der Waals surface area contributed by atoms with E-state index < -0.39 is 0 Å². The highest BCUT2D eigenvalue weighted by atomic mass is 15.2. The maximum absolute atomic E-state index is 5.43. The second-order valence-corrected chi connectivity index (χ2v) is 12.7. The van der Waals surface area contributed by atoms with Gasteiger partial charge in [0, 0.05) is 21.7 Å². The normalized spacial score (nSPS) is 11.7. The maximum atomic E-state index is 5.43. The van der Waals surface area contributed by atoms with Crippen LogP contribution in [0.2, 0.25) is 0 Å². The highest BCUT2D eigenvalue weighted by Crippen LogP contribution is 2.40. The minimum absolute atomic E-state index is 0.658. The lowest BCUT2D eigenvalue weighted by molar-refractivity contribution is 1.01. The molecule has 3 nitrogen and oxygen atoms in total. The number of hydrogen-bond donors (Lipinski definition) is 0. The Morgan fingerprint density at radius 2 is 0.959 bits per heavy atom. The summed E-state index contributed by atoms with van der Waals surface area (Å²) in [7, 11) is 0. The van der Waals surface area contributed by atoms with Crippen molar-refractivity contribution in [3.8, 4) is 39.5 Å². The van der Waals surface area contributed by atoms with Gasteiger partial charge in [0.05, 0.1) is 22.2 Å². The molecule has 0 atom stereocenters. The summed E-state index contributed by atoms with van der Waals surface area (Å²) < 4.78 is 2.24. The Morgan fingerprint density at radius 3 is 1.73 bits per heavy atom. The van der Waals surface area contributed by atoms with E-state index in [2.05, 4.69) is 180 Å². The zero-order chi connectivity index (χ0) is 32.3. The molecule has 0 aliphatic rings. The molecule has 0 unspecified atom stereocenters. The predicted molar refractivity (Wildman–Crippen MR) is 205 cm³/mol. The highest BCUT2D eigenvalue weighted by molar-refractivity contribution is 6.13. The molecule has 0 aliphatic heterocycles. The van der Waals surface area contributed by atoms with Gasteiger partial charge in [-0.3, -0.25) is 4.57 Å². The Labute approximate surface area is 283 Å². The van der Waals surface area contributed by atoms with Crippen molar-refractivity contribution in [3.05, 3.63) is 176 Å². The van der Waals surface area contributed by atoms with E-state index in [-0.39, 0.29) is 0 Å². The van der Waals surface area contributed by atoms with E-state index >= 15 is 0 Å². The van der Waals surface area contributed by atoms with E-state index in [4.69, 9.17) is 9.97 Å². The van der Waals surface area contributed by atoms with Gasteiger partial charge in [-0.2, -0.15) is 0 Å². The smallest absolute Gasteiger partial charge is 0.235 e. The van der Waals surface area contributed by atoms with Gasteiger partial charge >= 0.3 is 0 Å². The number of para-hydroxylation sites is 1. The van der Waals surface area contributed by atoms with Crippen molar-refractivity contribution in [1.29, 1.82) is 0 Å². The van der Waals surface area contributed by atoms with Gasteiger partial charge in [0.2, 0.25) is 5.95 Å². The van der Waals surface area contributed by atoms with Crippen molar-refractivity contribution in [2.24, 2.45) is 0 Å². The van der Waals surface area contributed by atoms with Crippen molar-refractivity contribution < 1.29 is 0 Å². The number of aromatic nitrogens is 3. The lowest BCUT2D eigenvalue weighted by Crippen LogP contribution is -2.04. The topological polar surface area (TPSA) is 30.7 Å². The van der Waals surface area contributed by atoms with E-state index in [0.29, 0.717) is 5.95 Å². The molecule has 2 aromatic heterocycles. The maximum Gasteiger partial charge on any atom is 0.235 e. The van der Waals surface area contributed by atoms with Gasteiger partial charge in [0.1, 0.15) is 0 Å². The molecule has 0 N–H and O–H groups in total. The third-order valence-electron chi connectivity index (χ3n) is 9.76. The lowest BCUT2D eigenvalue weighted by Gasteiger charge is -2.16. The zero-order valence-electron chi connectivity index (χ0n) is 26.6. The van der Waals surface area contributed by atoms with E-state index in [0.717, 1.165) is 55.4 Å². The van der Waals surface area contributed by atoms with Crippen molar-refractivity contribution >= 4 is 54.3 Å². The first kappa shape index (κ1) is 27.5. The largest absolute Gasteiger partial charge is 0.278 e. The summed E-state index contributed by atoms with van der Waals surface area (Å²) in [6, 6.07) is 62.7. The fraction of sp³-hybridized carbons (Fsp3) is 0. The van der Waals surface area contributed by atoms with Gasteiger partial charge < -0.3 is 0 Å². The van der Waals surface area contributed by atoms with Gasteiger partial charge in [-0.1, -0.05) is 140 Å². The van der Waals surface area contributed by atoms with Gasteiger partial charge in [0.15, 0.2) is 0 Å². The first-order chi connectivity index (χ1) is 24.3. The lowest BCUT2D eigenvalue weighted by atomic mass is 9.91. The molecule has 0 fully saturated rings. The van der Waals surface area contributed by atoms with Gasteiger partial charge in [0.25, 0.3) is 0 Å². The quantitative estimate of drug-likeness (QED) is 0.195. The average molecular weight is 624 g/mol. The van der Waals surface area contributed by atoms with Crippen LogP contribution in [0.5, 0.6) is 0 Å². The molecule has 228 valence electrons. The Bertz CT molecular complexity index is 2870. The standard InChI is InChI=1S/C46H29N3/c1-3-14-31(15-4-1)39-29-42-41(28-38(39)36-24-23-30-13-7-8-18-33(30)25-36)45(32-16-5-2-6-17-32)48-46(47-42)49-43-22-12-11-21-37(43)40-26-34-19-9-10-20-35(34)27-44(40)49/h1-29H. The summed E-state index contributed by atoms with van der Waals surface area (Å²) in [4.78, 5) is 10.8. The van der Waals surface area contributed by atoms with Gasteiger partial charge in [-0.05, 0) is 80.2 Å². The summed E-state index contributed by atoms with van der Waals surface area (Å²) >= 11 is 0. The first-order valence-corrected chi connectivity index (χ1v) is 16.7. The molecule has 49 heavy (non-hydrogen) atoms. The Morgan fingerprint density at radius 1 is 0.347 bits per heavy atom. The SMILES string of the molecule is c1ccc(-c2cc3nc(-n4c5ccccc5c5cc6ccccc6cc54)nc(-c4ccccc4)c3cc2-c2ccc3ccccc3c2)cc1. The molecule has 3 heteroatoms. The molecular formula is C46H29N3. The molecule has 10 aromatic rings. The van der Waals surface area contributed by atoms with Crippen LogP contribution in [0.3, 0.4) is 0 Å². The van der Waals surface area contributed by atoms with Crippen LogP contribution in [-0.4, -0.2) is 14.5 Å². The molecule has 0 spiro atoms. The molecule has 0 aliphatic carbocycles. The Balaban J connectivity index is 1.31. The van der Waals surface area contributed by atoms with Crippen molar-refractivity contribution in [2.45, 2.75) is 0 Å². The van der Waals surface area contributed by atoms with Crippen molar-refractivity contribution in [3.63, 3.8) is 0 Å². The van der Waals surface area contributed by atoms with Crippen molar-refractivity contribution in [2.75, 3.05) is 0 Å². The minimum Gasteiger partial charge on any atom is -0.278 e. The van der Waals surface area contributed by atoms with Gasteiger partial charge in [-0.25, -0.2) is 9.97 Å². The summed E-state index contributed by atoms with van der Waals surface area (Å²) in [6.07, 6.45) is 0. The number of nitrogens with zero attached hydrogens (tertiary/aromatic N) is 3. The van der Waals surface area contributed by atoms with Crippen LogP contribution in [0.25, 0.3) is 93.7 Å². The molecule has 0 bridgehead atoms. The molecular weight excluding hydrogens is 595 g/mol. The third kappa shape index (κ3) is 4.51. The predicted octanol–water partition coefficient (Wildman–Crippen LogP) is 12.0. The highest BCUT2D eigenvalue weighted by Gasteiger charge is 2.20. The third-order valence-corrected chi connectivity index (χ3v) is 9.76. The van der Waals surface area contributed by atoms with E-state index in [1.807, 2.05) is 0 Å². The van der Waals surface area contributed by atoms with Crippen LogP contribution in [0, 0.1) is 0 Å². The van der Waals surface area contributed by atoms with Crippen LogP contribution >= 0.6 is 0 Å². The van der Waals surface area contributed by atoms with Crippen LogP contribution in [-0.2, 0) is 0 Å². The molecule has 10 rings (SSSR count). The number of hydrogen-bond acceptors (Lipinski definition) is 2. The molecule has 8 aromatic carbocycles. The monoisotopic (exact) mass is 623 g/mol. The Hall–Kier alpha value is -6.58. The van der Waals surface area contributed by atoms with Crippen molar-refractivity contribution in [1.82, 2.24) is 14.5 Å². The van der Waals surface area contributed by atoms with Crippen LogP contribution in [0.15, 0.2) is 176 Å². The number of benzene rings is 8. The average Bonchev–Trinajstić information content (AvgIpc) is 3.49. The molecule has 0 saturated carbocycles. The summed E-state index contributed by atoms with van der Waals surface area (Å²) in [5.41, 5.74) is 9.65. The summed E-state index contributed by atoms with van der Waals surface area (Å²) in [6.45, 7) is 0. The molecule has 0 amide bonds. The minimum atomic E-state index is 0.658. The fourth-order valence-electron chi connectivity index (χ4n) is 7.40. The molecule has 2 heterocycles. The second-order valence-electron chi connectivity index (χ2n) is 12.7. The second kappa shape index (κ2) is 11.0. The van der Waals surface area contributed by atoms with Crippen LogP contribution in [0.4, 0.5) is 0 Å². The van der Waals surface area contributed by atoms with Gasteiger partial charge in [-0.15, -0.1) is 0 Å². The fourth-order valence-corrected chi connectivity index (χ4v) is 7.40. The summed E-state index contributed by atoms with van der Waals surface area (Å²) in [5, 5.41) is 8.24. The Kier molecular flexibility index (Phi) is 6.18. The van der Waals surface area contributed by atoms with E-state index in [1.54, 1.807) is 0 Å². The van der Waals surface area contributed by atoms with E-state index in [9.17, 15) is 0 Å².